The monoisotopic (exact) mass is 356 g/mol. The van der Waals surface area contributed by atoms with Crippen LogP contribution in [-0.2, 0) is 19.4 Å². The topological polar surface area (TPSA) is 130 Å². The maximum Gasteiger partial charge on any atom is 0.267 e. The van der Waals surface area contributed by atoms with Crippen molar-refractivity contribution < 1.29 is 4.79 Å². The van der Waals surface area contributed by atoms with Crippen LogP contribution in [0.4, 0.5) is 5.95 Å². The summed E-state index contributed by atoms with van der Waals surface area (Å²) in [5, 5.41) is 11.1. The molecule has 0 unspecified atom stereocenters. The van der Waals surface area contributed by atoms with Gasteiger partial charge in [0, 0.05) is 24.6 Å². The van der Waals surface area contributed by atoms with E-state index in [9.17, 15) is 4.79 Å². The number of carbonyl (C=O) groups is 1. The van der Waals surface area contributed by atoms with E-state index in [-0.39, 0.29) is 5.91 Å². The predicted octanol–water partition coefficient (Wildman–Crippen LogP) is 1.30. The first-order chi connectivity index (χ1) is 12.7. The van der Waals surface area contributed by atoms with E-state index in [1.54, 1.807) is 29.2 Å². The number of aromatic nitrogens is 6. The van der Waals surface area contributed by atoms with E-state index in [1.807, 2.05) is 6.20 Å². The third-order valence-electron chi connectivity index (χ3n) is 4.08. The molecule has 1 amide bonds. The number of imidazole rings is 1. The molecule has 0 aliphatic carbocycles. The van der Waals surface area contributed by atoms with Gasteiger partial charge in [-0.05, 0) is 37.8 Å². The molecule has 0 aromatic carbocycles. The highest BCUT2D eigenvalue weighted by Gasteiger charge is 2.06. The lowest BCUT2D eigenvalue weighted by molar-refractivity contribution is 0.0947. The molecule has 0 fully saturated rings. The highest BCUT2D eigenvalue weighted by molar-refractivity contribution is 5.92. The molecule has 0 radical (unpaired) electrons. The molecule has 0 spiro atoms. The number of aromatic amines is 2. The number of anilines is 1. The van der Waals surface area contributed by atoms with Crippen molar-refractivity contribution in [3.8, 4) is 0 Å². The van der Waals surface area contributed by atoms with E-state index < -0.39 is 0 Å². The van der Waals surface area contributed by atoms with Crippen molar-refractivity contribution in [3.05, 3.63) is 47.8 Å². The molecule has 3 heterocycles. The van der Waals surface area contributed by atoms with Gasteiger partial charge in [0.2, 0.25) is 0 Å². The van der Waals surface area contributed by atoms with Crippen molar-refractivity contribution in [2.75, 3.05) is 12.3 Å². The average Bonchev–Trinajstić information content (AvgIpc) is 3.37. The second kappa shape index (κ2) is 8.84. The van der Waals surface area contributed by atoms with E-state index in [4.69, 9.17) is 5.73 Å². The average molecular weight is 356 g/mol. The fraction of sp³-hybridized carbons (Fsp3) is 0.412. The van der Waals surface area contributed by atoms with Crippen molar-refractivity contribution in [3.63, 3.8) is 0 Å². The van der Waals surface area contributed by atoms with E-state index in [1.165, 1.54) is 0 Å². The SMILES string of the molecule is Nc1ncc(CCCCCc2cn(CCNC(=O)c3ccc[nH]3)nn2)[nH]1. The fourth-order valence-electron chi connectivity index (χ4n) is 2.72. The first-order valence-corrected chi connectivity index (χ1v) is 8.80. The molecule has 9 heteroatoms. The number of carbonyl (C=O) groups excluding carboxylic acids is 1. The summed E-state index contributed by atoms with van der Waals surface area (Å²) in [6.07, 6.45) is 10.6. The lowest BCUT2D eigenvalue weighted by atomic mass is 10.1. The van der Waals surface area contributed by atoms with Gasteiger partial charge < -0.3 is 21.0 Å². The lowest BCUT2D eigenvalue weighted by Gasteiger charge is -2.03. The Morgan fingerprint density at radius 3 is 2.92 bits per heavy atom. The summed E-state index contributed by atoms with van der Waals surface area (Å²) in [6.45, 7) is 1.11. The molecule has 5 N–H and O–H groups in total. The van der Waals surface area contributed by atoms with Crippen LogP contribution in [0.25, 0.3) is 0 Å². The smallest absolute Gasteiger partial charge is 0.267 e. The fourth-order valence-corrected chi connectivity index (χ4v) is 2.72. The molecule has 3 rings (SSSR count). The molecule has 0 saturated heterocycles. The zero-order valence-corrected chi connectivity index (χ0v) is 14.6. The summed E-state index contributed by atoms with van der Waals surface area (Å²) in [5.41, 5.74) is 8.17. The first-order valence-electron chi connectivity index (χ1n) is 8.80. The van der Waals surface area contributed by atoms with Crippen LogP contribution in [0.1, 0.15) is 41.1 Å². The number of H-pyrrole nitrogens is 2. The molecule has 0 atom stereocenters. The number of unbranched alkanes of at least 4 members (excludes halogenated alkanes) is 2. The largest absolute Gasteiger partial charge is 0.369 e. The predicted molar refractivity (Wildman–Crippen MR) is 97.4 cm³/mol. The number of hydrogen-bond acceptors (Lipinski definition) is 5. The van der Waals surface area contributed by atoms with Gasteiger partial charge in [-0.2, -0.15) is 0 Å². The van der Waals surface area contributed by atoms with Gasteiger partial charge >= 0.3 is 0 Å². The van der Waals surface area contributed by atoms with Crippen molar-refractivity contribution in [1.29, 1.82) is 0 Å². The van der Waals surface area contributed by atoms with Crippen LogP contribution < -0.4 is 11.1 Å². The van der Waals surface area contributed by atoms with Crippen LogP contribution in [0, 0.1) is 0 Å². The van der Waals surface area contributed by atoms with E-state index >= 15 is 0 Å². The minimum Gasteiger partial charge on any atom is -0.369 e. The van der Waals surface area contributed by atoms with Gasteiger partial charge in [-0.15, -0.1) is 5.10 Å². The number of nitrogens with two attached hydrogens (primary N) is 1. The van der Waals surface area contributed by atoms with E-state index in [0.717, 1.165) is 43.5 Å². The number of nitrogens with zero attached hydrogens (tertiary/aromatic N) is 4. The number of nitrogen functional groups attached to an aromatic ring is 1. The Morgan fingerprint density at radius 1 is 1.27 bits per heavy atom. The van der Waals surface area contributed by atoms with Gasteiger partial charge in [0.25, 0.3) is 5.91 Å². The van der Waals surface area contributed by atoms with Crippen LogP contribution in [0.2, 0.25) is 0 Å². The summed E-state index contributed by atoms with van der Waals surface area (Å²) >= 11 is 0. The summed E-state index contributed by atoms with van der Waals surface area (Å²) in [4.78, 5) is 21.7. The molecule has 0 aliphatic heterocycles. The Morgan fingerprint density at radius 2 is 2.15 bits per heavy atom. The Kier molecular flexibility index (Phi) is 6.02. The number of aryl methyl sites for hydroxylation is 2. The lowest BCUT2D eigenvalue weighted by Crippen LogP contribution is -2.27. The minimum absolute atomic E-state index is 0.116. The van der Waals surface area contributed by atoms with Crippen molar-refractivity contribution in [2.24, 2.45) is 0 Å². The molecule has 3 aromatic heterocycles. The van der Waals surface area contributed by atoms with Crippen molar-refractivity contribution >= 4 is 11.9 Å². The Bertz CT molecular complexity index is 804. The van der Waals surface area contributed by atoms with Gasteiger partial charge in [-0.3, -0.25) is 9.48 Å². The summed E-state index contributed by atoms with van der Waals surface area (Å²) < 4.78 is 1.76. The molecule has 9 nitrogen and oxygen atoms in total. The van der Waals surface area contributed by atoms with E-state index in [2.05, 4.69) is 30.6 Å². The Labute approximate surface area is 151 Å². The number of rotatable bonds is 10. The van der Waals surface area contributed by atoms with Gasteiger partial charge in [-0.1, -0.05) is 11.6 Å². The molecule has 0 saturated carbocycles. The third kappa shape index (κ3) is 5.20. The van der Waals surface area contributed by atoms with Gasteiger partial charge in [0.1, 0.15) is 5.69 Å². The second-order valence-corrected chi connectivity index (χ2v) is 6.17. The summed E-state index contributed by atoms with van der Waals surface area (Å²) in [6, 6.07) is 3.53. The highest BCUT2D eigenvalue weighted by atomic mass is 16.1. The maximum atomic E-state index is 11.8. The van der Waals surface area contributed by atoms with Crippen molar-refractivity contribution in [2.45, 2.75) is 38.6 Å². The van der Waals surface area contributed by atoms with Crippen LogP contribution in [0.5, 0.6) is 0 Å². The molecule has 26 heavy (non-hydrogen) atoms. The second-order valence-electron chi connectivity index (χ2n) is 6.17. The molecule has 3 aromatic rings. The third-order valence-corrected chi connectivity index (χ3v) is 4.08. The molecule has 0 bridgehead atoms. The number of nitrogens with one attached hydrogen (secondary N) is 3. The molecule has 0 aliphatic rings. The summed E-state index contributed by atoms with van der Waals surface area (Å²) in [5.74, 6) is 0.357. The minimum atomic E-state index is -0.116. The highest BCUT2D eigenvalue weighted by Crippen LogP contribution is 2.08. The zero-order chi connectivity index (χ0) is 18.2. The molecular formula is C17H24N8O. The van der Waals surface area contributed by atoms with Gasteiger partial charge in [0.05, 0.1) is 18.4 Å². The van der Waals surface area contributed by atoms with Gasteiger partial charge in [-0.25, -0.2) is 4.98 Å². The molecular weight excluding hydrogens is 332 g/mol. The zero-order valence-electron chi connectivity index (χ0n) is 14.6. The Balaban J connectivity index is 1.29. The summed E-state index contributed by atoms with van der Waals surface area (Å²) in [7, 11) is 0. The number of amides is 1. The van der Waals surface area contributed by atoms with Crippen molar-refractivity contribution in [1.82, 2.24) is 35.3 Å². The van der Waals surface area contributed by atoms with Gasteiger partial charge in [0.15, 0.2) is 5.95 Å². The van der Waals surface area contributed by atoms with Crippen LogP contribution in [-0.4, -0.2) is 42.4 Å². The van der Waals surface area contributed by atoms with Crippen LogP contribution >= 0.6 is 0 Å². The molecule has 138 valence electrons. The van der Waals surface area contributed by atoms with Crippen LogP contribution in [0.15, 0.2) is 30.7 Å². The van der Waals surface area contributed by atoms with Crippen LogP contribution in [0.3, 0.4) is 0 Å². The number of hydrogen-bond donors (Lipinski definition) is 4. The quantitative estimate of drug-likeness (QED) is 0.407. The maximum absolute atomic E-state index is 11.8. The Hall–Kier alpha value is -3.10. The van der Waals surface area contributed by atoms with E-state index in [0.29, 0.717) is 24.7 Å². The standard InChI is InChI=1S/C17H24N8O/c18-17-21-11-13(22-17)5-2-1-3-6-14-12-25(24-23-14)10-9-20-16(26)15-7-4-8-19-15/h4,7-8,11-12,19H,1-3,5-6,9-10H2,(H,20,26)(H3,18,21,22). The first kappa shape index (κ1) is 17.7. The normalized spacial score (nSPS) is 10.9.